The monoisotopic (exact) mass is 410 g/mol. The van der Waals surface area contributed by atoms with Crippen LogP contribution in [0.15, 0.2) is 34.2 Å². The number of hydrogen-bond acceptors (Lipinski definition) is 7. The summed E-state index contributed by atoms with van der Waals surface area (Å²) in [6, 6.07) is 5.99. The molecule has 0 aliphatic carbocycles. The zero-order valence-electron chi connectivity index (χ0n) is 16.1. The maximum absolute atomic E-state index is 12.6. The van der Waals surface area contributed by atoms with Gasteiger partial charge in [-0.2, -0.15) is 0 Å². The van der Waals surface area contributed by atoms with Gasteiger partial charge >= 0.3 is 5.97 Å². The number of carbonyl (C=O) groups excluding carboxylic acids is 2. The van der Waals surface area contributed by atoms with E-state index in [0.717, 1.165) is 19.3 Å². The summed E-state index contributed by atoms with van der Waals surface area (Å²) in [5.74, 6) is -0.352. The van der Waals surface area contributed by atoms with Crippen molar-refractivity contribution in [2.24, 2.45) is 4.99 Å². The van der Waals surface area contributed by atoms with Gasteiger partial charge in [0, 0.05) is 18.7 Å². The Morgan fingerprint density at radius 1 is 1.21 bits per heavy atom. The van der Waals surface area contributed by atoms with Crippen LogP contribution in [0.1, 0.15) is 25.7 Å². The molecule has 10 heteroatoms. The van der Waals surface area contributed by atoms with Crippen LogP contribution in [-0.4, -0.2) is 64.8 Å². The van der Waals surface area contributed by atoms with Gasteiger partial charge in [0.1, 0.15) is 5.84 Å². The van der Waals surface area contributed by atoms with Gasteiger partial charge in [0.25, 0.3) is 10.0 Å². The highest BCUT2D eigenvalue weighted by Crippen LogP contribution is 2.16. The normalized spacial score (nSPS) is 14.8. The van der Waals surface area contributed by atoms with E-state index in [-0.39, 0.29) is 23.9 Å². The number of methoxy groups -OCH3 is 1. The van der Waals surface area contributed by atoms with E-state index >= 15 is 0 Å². The molecular weight excluding hydrogens is 384 g/mol. The second kappa shape index (κ2) is 10.2. The molecule has 1 amide bonds. The Morgan fingerprint density at radius 2 is 2.00 bits per heavy atom. The molecule has 2 rings (SSSR count). The number of anilines is 1. The number of sulfonamides is 1. The summed E-state index contributed by atoms with van der Waals surface area (Å²) in [6.07, 6.45) is 3.48. The van der Waals surface area contributed by atoms with E-state index < -0.39 is 16.0 Å². The van der Waals surface area contributed by atoms with Gasteiger partial charge in [-0.25, -0.2) is 8.42 Å². The van der Waals surface area contributed by atoms with E-state index in [0.29, 0.717) is 24.5 Å². The SMILES string of the molecule is COC(=O)CN(C)CC(=O)Nc1cccc(S(=O)(=O)NC2=NCCCCC2)c1. The number of aliphatic imine (C=N–C) groups is 1. The van der Waals surface area contributed by atoms with E-state index in [1.54, 1.807) is 19.2 Å². The number of nitrogens with zero attached hydrogens (tertiary/aromatic N) is 2. The minimum atomic E-state index is -3.78. The molecule has 2 N–H and O–H groups in total. The average molecular weight is 410 g/mol. The van der Waals surface area contributed by atoms with Crippen LogP contribution in [0.5, 0.6) is 0 Å². The molecule has 0 atom stereocenters. The molecule has 1 heterocycles. The smallest absolute Gasteiger partial charge is 0.319 e. The number of amidine groups is 1. The van der Waals surface area contributed by atoms with Crippen LogP contribution in [-0.2, 0) is 24.3 Å². The lowest BCUT2D eigenvalue weighted by Gasteiger charge is -2.15. The van der Waals surface area contributed by atoms with Crippen LogP contribution in [0.3, 0.4) is 0 Å². The molecule has 0 aromatic heterocycles. The van der Waals surface area contributed by atoms with Crippen LogP contribution in [0.2, 0.25) is 0 Å². The minimum Gasteiger partial charge on any atom is -0.468 e. The largest absolute Gasteiger partial charge is 0.468 e. The predicted molar refractivity (Wildman–Crippen MR) is 106 cm³/mol. The summed E-state index contributed by atoms with van der Waals surface area (Å²) in [7, 11) is -0.900. The molecule has 9 nitrogen and oxygen atoms in total. The summed E-state index contributed by atoms with van der Waals surface area (Å²) in [4.78, 5) is 29.2. The number of hydrogen-bond donors (Lipinski definition) is 2. The van der Waals surface area contributed by atoms with Crippen molar-refractivity contribution in [1.29, 1.82) is 0 Å². The maximum atomic E-state index is 12.6. The Labute approximate surface area is 165 Å². The van der Waals surface area contributed by atoms with Crippen LogP contribution < -0.4 is 10.0 Å². The fourth-order valence-electron chi connectivity index (χ4n) is 2.70. The lowest BCUT2D eigenvalue weighted by atomic mass is 10.2. The number of benzene rings is 1. The van der Waals surface area contributed by atoms with Crippen molar-refractivity contribution in [1.82, 2.24) is 9.62 Å². The molecule has 0 bridgehead atoms. The van der Waals surface area contributed by atoms with Crippen molar-refractivity contribution >= 4 is 33.4 Å². The Kier molecular flexibility index (Phi) is 7.94. The first-order valence-corrected chi connectivity index (χ1v) is 10.5. The Bertz CT molecular complexity index is 838. The van der Waals surface area contributed by atoms with E-state index in [9.17, 15) is 18.0 Å². The van der Waals surface area contributed by atoms with Crippen molar-refractivity contribution in [3.8, 4) is 0 Å². The van der Waals surface area contributed by atoms with Gasteiger partial charge in [0.2, 0.25) is 5.91 Å². The predicted octanol–water partition coefficient (Wildman–Crippen LogP) is 0.981. The molecule has 1 aliphatic rings. The van der Waals surface area contributed by atoms with Crippen molar-refractivity contribution in [3.05, 3.63) is 24.3 Å². The first kappa shape index (κ1) is 21.8. The molecular formula is C18H26N4O5S. The fraction of sp³-hybridized carbons (Fsp3) is 0.500. The molecule has 28 heavy (non-hydrogen) atoms. The third-order valence-corrected chi connectivity index (χ3v) is 5.47. The number of esters is 1. The highest BCUT2D eigenvalue weighted by Gasteiger charge is 2.18. The Balaban J connectivity index is 2.01. The number of amides is 1. The van der Waals surface area contributed by atoms with Crippen molar-refractivity contribution < 1.29 is 22.7 Å². The van der Waals surface area contributed by atoms with E-state index in [1.165, 1.54) is 24.1 Å². The van der Waals surface area contributed by atoms with Gasteiger partial charge in [-0.1, -0.05) is 12.5 Å². The minimum absolute atomic E-state index is 0.0234. The zero-order valence-corrected chi connectivity index (χ0v) is 16.9. The highest BCUT2D eigenvalue weighted by molar-refractivity contribution is 7.90. The second-order valence-electron chi connectivity index (χ2n) is 6.57. The fourth-order valence-corrected chi connectivity index (χ4v) is 3.83. The first-order chi connectivity index (χ1) is 13.3. The zero-order chi connectivity index (χ0) is 20.6. The third kappa shape index (κ3) is 6.93. The van der Waals surface area contributed by atoms with Crippen molar-refractivity contribution in [3.63, 3.8) is 0 Å². The number of ether oxygens (including phenoxy) is 1. The van der Waals surface area contributed by atoms with Gasteiger partial charge in [-0.3, -0.25) is 24.2 Å². The number of likely N-dealkylation sites (N-methyl/N-ethyl adjacent to an activating group) is 1. The molecule has 1 aromatic carbocycles. The lowest BCUT2D eigenvalue weighted by molar-refractivity contribution is -0.141. The van der Waals surface area contributed by atoms with E-state index in [2.05, 4.69) is 19.8 Å². The number of rotatable bonds is 7. The summed E-state index contributed by atoms with van der Waals surface area (Å²) < 4.78 is 32.3. The molecule has 1 aliphatic heterocycles. The summed E-state index contributed by atoms with van der Waals surface area (Å²) in [6.45, 7) is 0.554. The van der Waals surface area contributed by atoms with Gasteiger partial charge in [-0.05, 0) is 38.1 Å². The van der Waals surface area contributed by atoms with E-state index in [1.807, 2.05) is 0 Å². The van der Waals surface area contributed by atoms with Crippen LogP contribution >= 0.6 is 0 Å². The Hall–Kier alpha value is -2.46. The molecule has 0 saturated heterocycles. The Morgan fingerprint density at radius 3 is 2.75 bits per heavy atom. The maximum Gasteiger partial charge on any atom is 0.319 e. The topological polar surface area (TPSA) is 117 Å². The summed E-state index contributed by atoms with van der Waals surface area (Å²) >= 11 is 0. The second-order valence-corrected chi connectivity index (χ2v) is 8.25. The molecule has 154 valence electrons. The van der Waals surface area contributed by atoms with Crippen LogP contribution in [0.25, 0.3) is 0 Å². The van der Waals surface area contributed by atoms with Crippen molar-refractivity contribution in [2.75, 3.05) is 39.1 Å². The van der Waals surface area contributed by atoms with Gasteiger partial charge in [0.15, 0.2) is 0 Å². The third-order valence-electron chi connectivity index (χ3n) is 4.09. The molecule has 0 radical (unpaired) electrons. The molecule has 0 fully saturated rings. The highest BCUT2D eigenvalue weighted by atomic mass is 32.2. The molecule has 0 saturated carbocycles. The van der Waals surface area contributed by atoms with Gasteiger partial charge < -0.3 is 10.1 Å². The number of carbonyl (C=O) groups is 2. The summed E-state index contributed by atoms with van der Waals surface area (Å²) in [5, 5.41) is 2.64. The number of nitrogens with one attached hydrogen (secondary N) is 2. The average Bonchev–Trinajstić information content (AvgIpc) is 2.89. The molecule has 1 aromatic rings. The summed E-state index contributed by atoms with van der Waals surface area (Å²) in [5.41, 5.74) is 0.349. The molecule has 0 unspecified atom stereocenters. The molecule has 0 spiro atoms. The van der Waals surface area contributed by atoms with Gasteiger partial charge in [-0.15, -0.1) is 0 Å². The van der Waals surface area contributed by atoms with Crippen LogP contribution in [0.4, 0.5) is 5.69 Å². The van der Waals surface area contributed by atoms with Crippen LogP contribution in [0, 0.1) is 0 Å². The quantitative estimate of drug-likeness (QED) is 0.647. The lowest BCUT2D eigenvalue weighted by Crippen LogP contribution is -2.34. The first-order valence-electron chi connectivity index (χ1n) is 9.01. The van der Waals surface area contributed by atoms with Crippen molar-refractivity contribution in [2.45, 2.75) is 30.6 Å². The van der Waals surface area contributed by atoms with Gasteiger partial charge in [0.05, 0.1) is 25.1 Å². The standard InChI is InChI=1S/C18H26N4O5S/c1-22(13-18(24)27-2)12-17(23)20-14-7-6-8-15(11-14)28(25,26)21-16-9-4-3-5-10-19-16/h6-8,11H,3-5,9-10,12-13H2,1-2H3,(H,19,21)(H,20,23). The van der Waals surface area contributed by atoms with E-state index in [4.69, 9.17) is 0 Å².